The maximum atomic E-state index is 12.5. The maximum absolute atomic E-state index is 12.5. The van der Waals surface area contributed by atoms with E-state index in [0.717, 1.165) is 11.1 Å². The normalized spacial score (nSPS) is 13.9. The smallest absolute Gasteiger partial charge is 0.336 e. The molecule has 2 aromatic rings. The zero-order chi connectivity index (χ0) is 21.5. The second-order valence-electron chi connectivity index (χ2n) is 6.76. The van der Waals surface area contributed by atoms with Crippen molar-refractivity contribution in [2.75, 3.05) is 20.8 Å². The number of ether oxygens (including phenoxy) is 3. The fraction of sp³-hybridized carbons (Fsp3) is 0.250. The van der Waals surface area contributed by atoms with Gasteiger partial charge in [0.15, 0.2) is 0 Å². The lowest BCUT2D eigenvalue weighted by Gasteiger charge is -2.29. The molecule has 0 spiro atoms. The van der Waals surface area contributed by atoms with Crippen LogP contribution in [0.3, 0.4) is 0 Å². The lowest BCUT2D eigenvalue weighted by molar-refractivity contribution is -0.137. The lowest BCUT2D eigenvalue weighted by atomic mass is 9.83. The van der Waals surface area contributed by atoms with Gasteiger partial charge in [0.05, 0.1) is 31.3 Å². The van der Waals surface area contributed by atoms with E-state index in [1.54, 1.807) is 17.3 Å². The molecule has 30 heavy (non-hydrogen) atoms. The number of hydrogen-bond acceptors (Lipinski definition) is 6. The third-order valence-electron chi connectivity index (χ3n) is 4.88. The van der Waals surface area contributed by atoms with E-state index in [0.29, 0.717) is 30.0 Å². The number of benzene rings is 2. The minimum atomic E-state index is -0.618. The van der Waals surface area contributed by atoms with E-state index < -0.39 is 17.9 Å². The molecule has 0 amide bonds. The van der Waals surface area contributed by atoms with Gasteiger partial charge >= 0.3 is 11.9 Å². The van der Waals surface area contributed by atoms with Crippen molar-refractivity contribution in [2.45, 2.75) is 19.4 Å². The van der Waals surface area contributed by atoms with Crippen LogP contribution in [0.25, 0.3) is 0 Å². The van der Waals surface area contributed by atoms with E-state index in [1.807, 2.05) is 61.5 Å². The van der Waals surface area contributed by atoms with E-state index in [2.05, 4.69) is 0 Å². The van der Waals surface area contributed by atoms with Crippen LogP contribution in [0.15, 0.2) is 78.1 Å². The molecule has 156 valence electrons. The van der Waals surface area contributed by atoms with Gasteiger partial charge in [-0.1, -0.05) is 42.5 Å². The molecule has 2 aromatic carbocycles. The van der Waals surface area contributed by atoms with Gasteiger partial charge in [-0.25, -0.2) is 9.59 Å². The highest BCUT2D eigenvalue weighted by Gasteiger charge is 2.35. The number of hydrogen-bond donors (Lipinski definition) is 0. The van der Waals surface area contributed by atoms with Gasteiger partial charge in [-0.2, -0.15) is 0 Å². The Hall–Kier alpha value is -3.54. The number of rotatable bonds is 7. The highest BCUT2D eigenvalue weighted by molar-refractivity contribution is 5.98. The molecular formula is C24H25NO5. The first-order valence-electron chi connectivity index (χ1n) is 9.69. The molecule has 0 aromatic heterocycles. The average molecular weight is 407 g/mol. The first-order chi connectivity index (χ1) is 14.6. The monoisotopic (exact) mass is 407 g/mol. The number of carbonyl (C=O) groups excluding carboxylic acids is 2. The summed E-state index contributed by atoms with van der Waals surface area (Å²) in [5, 5.41) is 0. The standard InChI is InChI=1S/C24H25NO5/c1-4-25-14-20(23(26)28-2)22(21(15-25)24(27)29-3)18-11-8-12-19(13-18)30-16-17-9-6-5-7-10-17/h5-15,22H,4,16H2,1-3H3. The molecule has 0 aliphatic carbocycles. The van der Waals surface area contributed by atoms with Gasteiger partial charge in [0.25, 0.3) is 0 Å². The molecular weight excluding hydrogens is 382 g/mol. The SMILES string of the molecule is CCN1C=C(C(=O)OC)C(c2cccc(OCc3ccccc3)c2)C(C(=O)OC)=C1. The third-order valence-corrected chi connectivity index (χ3v) is 4.88. The second-order valence-corrected chi connectivity index (χ2v) is 6.76. The topological polar surface area (TPSA) is 65.1 Å². The Morgan fingerprint density at radius 2 is 1.53 bits per heavy atom. The summed E-state index contributed by atoms with van der Waals surface area (Å²) >= 11 is 0. The molecule has 0 radical (unpaired) electrons. The summed E-state index contributed by atoms with van der Waals surface area (Å²) in [5.74, 6) is -0.970. The van der Waals surface area contributed by atoms with E-state index in [4.69, 9.17) is 14.2 Å². The first kappa shape index (κ1) is 21.2. The van der Waals surface area contributed by atoms with Crippen LogP contribution in [-0.4, -0.2) is 37.6 Å². The Kier molecular flexibility index (Phi) is 6.91. The molecule has 0 fully saturated rings. The van der Waals surface area contributed by atoms with Crippen molar-refractivity contribution in [3.8, 4) is 5.75 Å². The molecule has 6 nitrogen and oxygen atoms in total. The quantitative estimate of drug-likeness (QED) is 0.651. The van der Waals surface area contributed by atoms with E-state index in [-0.39, 0.29) is 0 Å². The molecule has 0 unspecified atom stereocenters. The maximum Gasteiger partial charge on any atom is 0.336 e. The molecule has 1 aliphatic rings. The second kappa shape index (κ2) is 9.78. The van der Waals surface area contributed by atoms with Crippen molar-refractivity contribution in [1.82, 2.24) is 4.90 Å². The summed E-state index contributed by atoms with van der Waals surface area (Å²) in [4.78, 5) is 26.8. The fourth-order valence-electron chi connectivity index (χ4n) is 3.35. The van der Waals surface area contributed by atoms with Gasteiger partial charge < -0.3 is 19.1 Å². The van der Waals surface area contributed by atoms with Crippen LogP contribution < -0.4 is 4.74 Å². The lowest BCUT2D eigenvalue weighted by Crippen LogP contribution is -2.28. The van der Waals surface area contributed by atoms with Gasteiger partial charge in [0.2, 0.25) is 0 Å². The van der Waals surface area contributed by atoms with E-state index in [9.17, 15) is 9.59 Å². The summed E-state index contributed by atoms with van der Waals surface area (Å²) in [5.41, 5.74) is 2.51. The van der Waals surface area contributed by atoms with Crippen LogP contribution in [0.2, 0.25) is 0 Å². The molecule has 0 saturated heterocycles. The first-order valence-corrected chi connectivity index (χ1v) is 9.69. The minimum Gasteiger partial charge on any atom is -0.489 e. The van der Waals surface area contributed by atoms with Gasteiger partial charge in [0, 0.05) is 18.9 Å². The predicted octanol–water partition coefficient (Wildman–Crippen LogP) is 3.80. The molecule has 1 aliphatic heterocycles. The van der Waals surface area contributed by atoms with Crippen LogP contribution in [-0.2, 0) is 25.7 Å². The van der Waals surface area contributed by atoms with Crippen LogP contribution in [0.4, 0.5) is 0 Å². The summed E-state index contributed by atoms with van der Waals surface area (Å²) in [6.45, 7) is 2.93. The number of methoxy groups -OCH3 is 2. The van der Waals surface area contributed by atoms with Crippen molar-refractivity contribution in [1.29, 1.82) is 0 Å². The van der Waals surface area contributed by atoms with Crippen molar-refractivity contribution in [2.24, 2.45) is 0 Å². The minimum absolute atomic E-state index is 0.363. The number of esters is 2. The summed E-state index contributed by atoms with van der Waals surface area (Å²) in [6, 6.07) is 17.2. The van der Waals surface area contributed by atoms with Gasteiger partial charge in [-0.15, -0.1) is 0 Å². The summed E-state index contributed by atoms with van der Waals surface area (Å²) in [7, 11) is 2.65. The predicted molar refractivity (Wildman–Crippen MR) is 113 cm³/mol. The zero-order valence-electron chi connectivity index (χ0n) is 17.3. The van der Waals surface area contributed by atoms with Gasteiger partial charge in [0.1, 0.15) is 12.4 Å². The van der Waals surface area contributed by atoms with Crippen molar-refractivity contribution >= 4 is 11.9 Å². The van der Waals surface area contributed by atoms with Crippen molar-refractivity contribution < 1.29 is 23.8 Å². The Bertz CT molecular complexity index is 931. The van der Waals surface area contributed by atoms with Gasteiger partial charge in [-0.3, -0.25) is 0 Å². The molecule has 0 atom stereocenters. The Balaban J connectivity index is 1.96. The third kappa shape index (κ3) is 4.71. The van der Waals surface area contributed by atoms with Crippen LogP contribution in [0.5, 0.6) is 5.75 Å². The van der Waals surface area contributed by atoms with Gasteiger partial charge in [-0.05, 0) is 30.2 Å². The Morgan fingerprint density at radius 1 is 0.900 bits per heavy atom. The summed E-state index contributed by atoms with van der Waals surface area (Å²) < 4.78 is 15.9. The highest BCUT2D eigenvalue weighted by Crippen LogP contribution is 2.38. The Labute approximate surface area is 176 Å². The van der Waals surface area contributed by atoms with E-state index in [1.165, 1.54) is 14.2 Å². The molecule has 0 saturated carbocycles. The van der Waals surface area contributed by atoms with Crippen molar-refractivity contribution in [3.63, 3.8) is 0 Å². The Morgan fingerprint density at radius 3 is 2.10 bits per heavy atom. The highest BCUT2D eigenvalue weighted by atomic mass is 16.5. The van der Waals surface area contributed by atoms with Crippen LogP contribution in [0.1, 0.15) is 24.0 Å². The van der Waals surface area contributed by atoms with Crippen LogP contribution >= 0.6 is 0 Å². The van der Waals surface area contributed by atoms with Crippen LogP contribution in [0, 0.1) is 0 Å². The summed E-state index contributed by atoms with van der Waals surface area (Å²) in [6.07, 6.45) is 3.42. The number of carbonyl (C=O) groups is 2. The number of nitrogens with zero attached hydrogens (tertiary/aromatic N) is 1. The average Bonchev–Trinajstić information content (AvgIpc) is 2.81. The molecule has 3 rings (SSSR count). The largest absolute Gasteiger partial charge is 0.489 e. The molecule has 0 N–H and O–H groups in total. The molecule has 0 bridgehead atoms. The zero-order valence-corrected chi connectivity index (χ0v) is 17.3. The van der Waals surface area contributed by atoms with Crippen molar-refractivity contribution in [3.05, 3.63) is 89.3 Å². The van der Waals surface area contributed by atoms with E-state index >= 15 is 0 Å². The molecule has 6 heteroatoms. The molecule has 1 heterocycles. The fourth-order valence-corrected chi connectivity index (χ4v) is 3.35.